The molecule has 0 saturated heterocycles. The van der Waals surface area contributed by atoms with Gasteiger partial charge in [-0.15, -0.1) is 0 Å². The lowest BCUT2D eigenvalue weighted by atomic mass is 10.1. The zero-order valence-corrected chi connectivity index (χ0v) is 11.9. The normalized spacial score (nSPS) is 12.9. The topological polar surface area (TPSA) is 38.7 Å². The molecule has 0 aliphatic rings. The fourth-order valence-corrected chi connectivity index (χ4v) is 1.66. The van der Waals surface area contributed by atoms with Crippen LogP contribution in [-0.4, -0.2) is 17.3 Å². The first-order chi connectivity index (χ1) is 8.43. The molecule has 0 aliphatic carbocycles. The summed E-state index contributed by atoms with van der Waals surface area (Å²) in [6, 6.07) is 5.62. The highest BCUT2D eigenvalue weighted by Gasteiger charge is 2.13. The van der Waals surface area contributed by atoms with Gasteiger partial charge in [-0.25, -0.2) is 0 Å². The van der Waals surface area contributed by atoms with Gasteiger partial charge in [-0.3, -0.25) is 0 Å². The Morgan fingerprint density at radius 3 is 2.06 bits per heavy atom. The van der Waals surface area contributed by atoms with Crippen LogP contribution in [0.15, 0.2) is 18.2 Å². The van der Waals surface area contributed by atoms with Crippen molar-refractivity contribution in [3.8, 4) is 11.5 Å². The molecule has 0 aromatic heterocycles. The Labute approximate surface area is 110 Å². The van der Waals surface area contributed by atoms with Gasteiger partial charge >= 0.3 is 0 Å². The maximum absolute atomic E-state index is 9.86. The highest BCUT2D eigenvalue weighted by Crippen LogP contribution is 2.32. The van der Waals surface area contributed by atoms with Crippen LogP contribution in [0.3, 0.4) is 0 Å². The second-order valence-electron chi connectivity index (χ2n) is 4.96. The van der Waals surface area contributed by atoms with Crippen LogP contribution >= 0.6 is 0 Å². The molecule has 1 N–H and O–H groups in total. The summed E-state index contributed by atoms with van der Waals surface area (Å²) in [4.78, 5) is 0. The molecular weight excluding hydrogens is 228 g/mol. The van der Waals surface area contributed by atoms with Gasteiger partial charge in [0.1, 0.15) is 0 Å². The minimum atomic E-state index is -0.451. The molecule has 0 spiro atoms. The summed E-state index contributed by atoms with van der Waals surface area (Å²) in [6.07, 6.45) is 0.411. The Morgan fingerprint density at radius 2 is 1.56 bits per heavy atom. The van der Waals surface area contributed by atoms with Gasteiger partial charge in [-0.2, -0.15) is 0 Å². The Morgan fingerprint density at radius 1 is 1.00 bits per heavy atom. The van der Waals surface area contributed by atoms with E-state index in [9.17, 15) is 5.11 Å². The van der Waals surface area contributed by atoms with Crippen LogP contribution in [0.5, 0.6) is 11.5 Å². The van der Waals surface area contributed by atoms with Crippen molar-refractivity contribution in [2.24, 2.45) is 0 Å². The summed E-state index contributed by atoms with van der Waals surface area (Å²) in [5, 5.41) is 9.86. The van der Waals surface area contributed by atoms with Crippen LogP contribution in [-0.2, 0) is 0 Å². The predicted molar refractivity (Wildman–Crippen MR) is 73.2 cm³/mol. The lowest BCUT2D eigenvalue weighted by Crippen LogP contribution is -2.11. The molecule has 18 heavy (non-hydrogen) atoms. The maximum Gasteiger partial charge on any atom is 0.161 e. The quantitative estimate of drug-likeness (QED) is 0.839. The molecular formula is C15H24O3. The summed E-state index contributed by atoms with van der Waals surface area (Å²) in [5.74, 6) is 1.43. The average molecular weight is 252 g/mol. The summed E-state index contributed by atoms with van der Waals surface area (Å²) < 4.78 is 11.5. The zero-order chi connectivity index (χ0) is 13.7. The molecule has 0 radical (unpaired) electrons. The van der Waals surface area contributed by atoms with E-state index in [1.165, 1.54) is 0 Å². The van der Waals surface area contributed by atoms with Gasteiger partial charge in [0.25, 0.3) is 0 Å². The van der Waals surface area contributed by atoms with E-state index in [-0.39, 0.29) is 12.2 Å². The fraction of sp³-hybridized carbons (Fsp3) is 0.600. The smallest absolute Gasteiger partial charge is 0.161 e. The van der Waals surface area contributed by atoms with E-state index in [0.29, 0.717) is 12.2 Å². The van der Waals surface area contributed by atoms with E-state index in [1.807, 2.05) is 52.8 Å². The number of benzene rings is 1. The molecule has 0 amide bonds. The lowest BCUT2D eigenvalue weighted by Gasteiger charge is -2.19. The molecule has 3 heteroatoms. The molecule has 1 unspecified atom stereocenters. The van der Waals surface area contributed by atoms with Gasteiger partial charge in [-0.1, -0.05) is 13.0 Å². The fourth-order valence-electron chi connectivity index (χ4n) is 1.66. The van der Waals surface area contributed by atoms with Crippen molar-refractivity contribution in [1.82, 2.24) is 0 Å². The van der Waals surface area contributed by atoms with Crippen LogP contribution in [0.1, 0.15) is 52.7 Å². The number of aliphatic hydroxyl groups is 1. The zero-order valence-electron chi connectivity index (χ0n) is 11.9. The summed E-state index contributed by atoms with van der Waals surface area (Å²) in [7, 11) is 0. The SMILES string of the molecule is CCC(O)c1ccc(OC(C)C)c(OC(C)C)c1. The van der Waals surface area contributed by atoms with Gasteiger partial charge in [0, 0.05) is 0 Å². The molecule has 0 fully saturated rings. The van der Waals surface area contributed by atoms with E-state index in [0.717, 1.165) is 11.3 Å². The molecule has 1 atom stereocenters. The number of hydrogen-bond donors (Lipinski definition) is 1. The van der Waals surface area contributed by atoms with Crippen molar-refractivity contribution in [1.29, 1.82) is 0 Å². The van der Waals surface area contributed by atoms with Gasteiger partial charge in [0.05, 0.1) is 18.3 Å². The average Bonchev–Trinajstić information content (AvgIpc) is 2.29. The first-order valence-corrected chi connectivity index (χ1v) is 6.59. The summed E-state index contributed by atoms with van der Waals surface area (Å²) in [6.45, 7) is 9.86. The van der Waals surface area contributed by atoms with Gasteiger partial charge in [0.2, 0.25) is 0 Å². The first kappa shape index (κ1) is 14.8. The van der Waals surface area contributed by atoms with Crippen molar-refractivity contribution in [2.75, 3.05) is 0 Å². The van der Waals surface area contributed by atoms with Crippen LogP contribution in [0.4, 0.5) is 0 Å². The third-order valence-electron chi connectivity index (χ3n) is 2.46. The van der Waals surface area contributed by atoms with Crippen molar-refractivity contribution in [3.05, 3.63) is 23.8 Å². The number of aliphatic hydroxyl groups excluding tert-OH is 1. The molecule has 3 nitrogen and oxygen atoms in total. The molecule has 0 bridgehead atoms. The third kappa shape index (κ3) is 4.22. The molecule has 1 aromatic carbocycles. The van der Waals surface area contributed by atoms with Crippen LogP contribution < -0.4 is 9.47 Å². The largest absolute Gasteiger partial charge is 0.487 e. The van der Waals surface area contributed by atoms with E-state index in [2.05, 4.69) is 0 Å². The van der Waals surface area contributed by atoms with Gasteiger partial charge in [0.15, 0.2) is 11.5 Å². The van der Waals surface area contributed by atoms with E-state index < -0.39 is 6.10 Å². The van der Waals surface area contributed by atoms with E-state index in [1.54, 1.807) is 0 Å². The highest BCUT2D eigenvalue weighted by molar-refractivity contribution is 5.43. The molecule has 1 aromatic rings. The van der Waals surface area contributed by atoms with Gasteiger partial charge in [-0.05, 0) is 51.8 Å². The highest BCUT2D eigenvalue weighted by atomic mass is 16.5. The summed E-state index contributed by atoms with van der Waals surface area (Å²) in [5.41, 5.74) is 0.865. The maximum atomic E-state index is 9.86. The lowest BCUT2D eigenvalue weighted by molar-refractivity contribution is 0.170. The Hall–Kier alpha value is -1.22. The second-order valence-corrected chi connectivity index (χ2v) is 4.96. The second kappa shape index (κ2) is 6.64. The van der Waals surface area contributed by atoms with Crippen molar-refractivity contribution in [2.45, 2.75) is 59.4 Å². The molecule has 0 saturated carbocycles. The van der Waals surface area contributed by atoms with Crippen LogP contribution in [0, 0.1) is 0 Å². The third-order valence-corrected chi connectivity index (χ3v) is 2.46. The summed E-state index contributed by atoms with van der Waals surface area (Å²) >= 11 is 0. The van der Waals surface area contributed by atoms with Crippen LogP contribution in [0.2, 0.25) is 0 Å². The molecule has 1 rings (SSSR count). The van der Waals surface area contributed by atoms with Crippen molar-refractivity contribution in [3.63, 3.8) is 0 Å². The molecule has 0 aliphatic heterocycles. The minimum Gasteiger partial charge on any atom is -0.487 e. The predicted octanol–water partition coefficient (Wildman–Crippen LogP) is 3.70. The Balaban J connectivity index is 3.03. The van der Waals surface area contributed by atoms with Gasteiger partial charge < -0.3 is 14.6 Å². The number of hydrogen-bond acceptors (Lipinski definition) is 3. The molecule has 0 heterocycles. The Bertz CT molecular complexity index is 372. The van der Waals surface area contributed by atoms with Crippen molar-refractivity contribution < 1.29 is 14.6 Å². The molecule has 102 valence electrons. The van der Waals surface area contributed by atoms with E-state index >= 15 is 0 Å². The Kier molecular flexibility index (Phi) is 5.48. The monoisotopic (exact) mass is 252 g/mol. The van der Waals surface area contributed by atoms with E-state index in [4.69, 9.17) is 9.47 Å². The standard InChI is InChI=1S/C15H24O3/c1-6-13(16)12-7-8-14(17-10(2)3)15(9-12)18-11(4)5/h7-11,13,16H,6H2,1-5H3. The van der Waals surface area contributed by atoms with Crippen LogP contribution in [0.25, 0.3) is 0 Å². The number of ether oxygens (including phenoxy) is 2. The number of rotatable bonds is 6. The minimum absolute atomic E-state index is 0.0773. The van der Waals surface area contributed by atoms with Crippen molar-refractivity contribution >= 4 is 0 Å². The first-order valence-electron chi connectivity index (χ1n) is 6.59.